The molecule has 1 amide bonds. The molecule has 1 unspecified atom stereocenters. The number of ether oxygens (including phenoxy) is 1. The minimum Gasteiger partial charge on any atom is -0.468 e. The molecule has 0 spiro atoms. The van der Waals surface area contributed by atoms with Gasteiger partial charge in [-0.2, -0.15) is 18.4 Å². The number of nitriles is 1. The van der Waals surface area contributed by atoms with Crippen molar-refractivity contribution in [2.45, 2.75) is 13.1 Å². The molecule has 108 valence electrons. The van der Waals surface area contributed by atoms with Gasteiger partial charge in [-0.3, -0.25) is 4.79 Å². The number of rotatable bonds is 5. The zero-order valence-corrected chi connectivity index (χ0v) is 10.6. The number of carbonyl (C=O) groups is 1. The Morgan fingerprint density at radius 1 is 1.55 bits per heavy atom. The highest BCUT2D eigenvalue weighted by molar-refractivity contribution is 5.93. The summed E-state index contributed by atoms with van der Waals surface area (Å²) in [4.78, 5) is 15.2. The summed E-state index contributed by atoms with van der Waals surface area (Å²) in [6.07, 6.45) is -3.33. The number of carbonyl (C=O) groups excluding carboxylic acids is 1. The van der Waals surface area contributed by atoms with Crippen LogP contribution in [0, 0.1) is 17.2 Å². The van der Waals surface area contributed by atoms with E-state index in [0.717, 1.165) is 6.20 Å². The summed E-state index contributed by atoms with van der Waals surface area (Å²) in [7, 11) is 0. The molecule has 0 radical (unpaired) electrons. The van der Waals surface area contributed by atoms with Crippen molar-refractivity contribution in [2.24, 2.45) is 5.92 Å². The lowest BCUT2D eigenvalue weighted by molar-refractivity contribution is -0.154. The summed E-state index contributed by atoms with van der Waals surface area (Å²) in [5.74, 6) is -1.01. The molecule has 0 saturated carbocycles. The monoisotopic (exact) mass is 287 g/mol. The maximum Gasteiger partial charge on any atom is 0.422 e. The molecular weight excluding hydrogens is 275 g/mol. The van der Waals surface area contributed by atoms with Gasteiger partial charge in [-0.1, -0.05) is 0 Å². The van der Waals surface area contributed by atoms with Gasteiger partial charge in [0.05, 0.1) is 17.6 Å². The normalized spacial score (nSPS) is 12.3. The molecule has 0 bridgehead atoms. The molecule has 1 rings (SSSR count). The van der Waals surface area contributed by atoms with Gasteiger partial charge in [0.15, 0.2) is 6.61 Å². The first-order chi connectivity index (χ1) is 9.31. The van der Waals surface area contributed by atoms with Gasteiger partial charge in [0.2, 0.25) is 5.88 Å². The smallest absolute Gasteiger partial charge is 0.422 e. The number of nitrogens with one attached hydrogen (secondary N) is 1. The van der Waals surface area contributed by atoms with Gasteiger partial charge in [0.25, 0.3) is 5.91 Å². The van der Waals surface area contributed by atoms with E-state index in [1.165, 1.54) is 12.1 Å². The van der Waals surface area contributed by atoms with Crippen LogP contribution in [0.25, 0.3) is 0 Å². The number of amides is 1. The number of halogens is 3. The topological polar surface area (TPSA) is 75.0 Å². The van der Waals surface area contributed by atoms with E-state index in [-0.39, 0.29) is 23.9 Å². The summed E-state index contributed by atoms with van der Waals surface area (Å²) in [6.45, 7) is 0.388. The third-order valence-electron chi connectivity index (χ3n) is 2.17. The Bertz CT molecular complexity index is 494. The van der Waals surface area contributed by atoms with Crippen LogP contribution in [0.5, 0.6) is 5.88 Å². The second kappa shape index (κ2) is 6.75. The van der Waals surface area contributed by atoms with Crippen LogP contribution in [-0.2, 0) is 0 Å². The molecule has 0 fully saturated rings. The molecule has 8 heteroatoms. The average Bonchev–Trinajstić information content (AvgIpc) is 2.41. The van der Waals surface area contributed by atoms with E-state index in [2.05, 4.69) is 15.0 Å². The Labute approximate surface area is 113 Å². The minimum absolute atomic E-state index is 0.175. The van der Waals surface area contributed by atoms with Crippen LogP contribution >= 0.6 is 0 Å². The molecule has 1 aromatic rings. The minimum atomic E-state index is -4.44. The maximum absolute atomic E-state index is 11.9. The zero-order valence-electron chi connectivity index (χ0n) is 10.6. The van der Waals surface area contributed by atoms with Crippen molar-refractivity contribution >= 4 is 5.91 Å². The standard InChI is InChI=1S/C12H12F3N3O2/c1-8(4-16)5-18-11(19)9-2-3-10(17-6-9)20-7-12(13,14)15/h2-3,6,8H,5,7H2,1H3,(H,18,19). The van der Waals surface area contributed by atoms with E-state index in [9.17, 15) is 18.0 Å². The van der Waals surface area contributed by atoms with Gasteiger partial charge in [-0.25, -0.2) is 4.98 Å². The van der Waals surface area contributed by atoms with Gasteiger partial charge in [0, 0.05) is 18.8 Å². The molecule has 0 aromatic carbocycles. The molecule has 0 aliphatic heterocycles. The van der Waals surface area contributed by atoms with Gasteiger partial charge in [0.1, 0.15) is 0 Å². The van der Waals surface area contributed by atoms with Crippen LogP contribution in [0.15, 0.2) is 18.3 Å². The fourth-order valence-electron chi connectivity index (χ4n) is 1.15. The molecule has 1 aromatic heterocycles. The summed E-state index contributed by atoms with van der Waals surface area (Å²) in [5, 5.41) is 11.1. The quantitative estimate of drug-likeness (QED) is 0.897. The van der Waals surface area contributed by atoms with Gasteiger partial charge in [-0.15, -0.1) is 0 Å². The van der Waals surface area contributed by atoms with Crippen LogP contribution in [-0.4, -0.2) is 30.2 Å². The number of alkyl halides is 3. The second-order valence-corrected chi connectivity index (χ2v) is 4.03. The highest BCUT2D eigenvalue weighted by Crippen LogP contribution is 2.16. The molecule has 0 aliphatic rings. The number of nitrogens with zero attached hydrogens (tertiary/aromatic N) is 2. The van der Waals surface area contributed by atoms with Gasteiger partial charge in [-0.05, 0) is 13.0 Å². The van der Waals surface area contributed by atoms with Crippen LogP contribution in [0.1, 0.15) is 17.3 Å². The number of aromatic nitrogens is 1. The molecular formula is C12H12F3N3O2. The Morgan fingerprint density at radius 2 is 2.25 bits per heavy atom. The Morgan fingerprint density at radius 3 is 2.75 bits per heavy atom. The highest BCUT2D eigenvalue weighted by Gasteiger charge is 2.28. The summed E-state index contributed by atoms with van der Waals surface area (Å²) in [6, 6.07) is 4.43. The van der Waals surface area contributed by atoms with Crippen molar-refractivity contribution in [1.29, 1.82) is 5.26 Å². The van der Waals surface area contributed by atoms with E-state index >= 15 is 0 Å². The van der Waals surface area contributed by atoms with E-state index in [1.54, 1.807) is 6.92 Å². The molecule has 0 saturated heterocycles. The first-order valence-electron chi connectivity index (χ1n) is 5.65. The Balaban J connectivity index is 2.54. The largest absolute Gasteiger partial charge is 0.468 e. The van der Waals surface area contributed by atoms with Crippen molar-refractivity contribution < 1.29 is 22.7 Å². The third kappa shape index (κ3) is 5.56. The molecule has 1 heterocycles. The molecule has 1 atom stereocenters. The summed E-state index contributed by atoms with van der Waals surface area (Å²) in [5.41, 5.74) is 0.175. The van der Waals surface area contributed by atoms with E-state index in [1.807, 2.05) is 6.07 Å². The molecule has 20 heavy (non-hydrogen) atoms. The lowest BCUT2D eigenvalue weighted by Gasteiger charge is -2.09. The van der Waals surface area contributed by atoms with Crippen molar-refractivity contribution in [3.63, 3.8) is 0 Å². The maximum atomic E-state index is 11.9. The molecule has 1 N–H and O–H groups in total. The van der Waals surface area contributed by atoms with Crippen LogP contribution < -0.4 is 10.1 Å². The van der Waals surface area contributed by atoms with Gasteiger partial charge >= 0.3 is 6.18 Å². The predicted molar refractivity (Wildman–Crippen MR) is 62.9 cm³/mol. The van der Waals surface area contributed by atoms with Crippen LogP contribution in [0.4, 0.5) is 13.2 Å². The fourth-order valence-corrected chi connectivity index (χ4v) is 1.15. The van der Waals surface area contributed by atoms with Crippen LogP contribution in [0.2, 0.25) is 0 Å². The van der Waals surface area contributed by atoms with Crippen molar-refractivity contribution in [1.82, 2.24) is 10.3 Å². The highest BCUT2D eigenvalue weighted by atomic mass is 19.4. The zero-order chi connectivity index (χ0) is 15.2. The number of pyridine rings is 1. The fraction of sp³-hybridized carbons (Fsp3) is 0.417. The second-order valence-electron chi connectivity index (χ2n) is 4.03. The van der Waals surface area contributed by atoms with Gasteiger partial charge < -0.3 is 10.1 Å². The molecule has 5 nitrogen and oxygen atoms in total. The average molecular weight is 287 g/mol. The first kappa shape index (κ1) is 15.8. The SMILES string of the molecule is CC(C#N)CNC(=O)c1ccc(OCC(F)(F)F)nc1. The Hall–Kier alpha value is -2.30. The molecule has 0 aliphatic carbocycles. The third-order valence-corrected chi connectivity index (χ3v) is 2.17. The lowest BCUT2D eigenvalue weighted by atomic mass is 10.2. The van der Waals surface area contributed by atoms with Crippen molar-refractivity contribution in [3.8, 4) is 11.9 Å². The van der Waals surface area contributed by atoms with E-state index < -0.39 is 18.7 Å². The first-order valence-corrected chi connectivity index (χ1v) is 5.65. The van der Waals surface area contributed by atoms with E-state index in [0.29, 0.717) is 0 Å². The van der Waals surface area contributed by atoms with E-state index in [4.69, 9.17) is 5.26 Å². The van der Waals surface area contributed by atoms with Crippen LogP contribution in [0.3, 0.4) is 0 Å². The lowest BCUT2D eigenvalue weighted by Crippen LogP contribution is -2.27. The number of hydrogen-bond donors (Lipinski definition) is 1. The summed E-state index contributed by atoms with van der Waals surface area (Å²) < 4.78 is 40.2. The van der Waals surface area contributed by atoms with Crippen molar-refractivity contribution in [3.05, 3.63) is 23.9 Å². The Kier molecular flexibility index (Phi) is 5.32. The van der Waals surface area contributed by atoms with Crippen molar-refractivity contribution in [2.75, 3.05) is 13.2 Å². The number of hydrogen-bond acceptors (Lipinski definition) is 4. The predicted octanol–water partition coefficient (Wildman–Crippen LogP) is 1.91. The summed E-state index contributed by atoms with van der Waals surface area (Å²) >= 11 is 0.